The Labute approximate surface area is 146 Å². The molecule has 0 aliphatic carbocycles. The molecule has 134 valence electrons. The van der Waals surface area contributed by atoms with Crippen LogP contribution in [0.1, 0.15) is 26.3 Å². The summed E-state index contributed by atoms with van der Waals surface area (Å²) in [6.07, 6.45) is 0.398. The molecule has 2 aromatic rings. The lowest BCUT2D eigenvalue weighted by molar-refractivity contribution is -0.147. The van der Waals surface area contributed by atoms with Crippen LogP contribution in [0.5, 0.6) is 11.5 Å². The van der Waals surface area contributed by atoms with Gasteiger partial charge in [-0.15, -0.1) is 0 Å². The monoisotopic (exact) mass is 346 g/mol. The first kappa shape index (κ1) is 18.5. The van der Waals surface area contributed by atoms with E-state index in [4.69, 9.17) is 14.2 Å². The van der Waals surface area contributed by atoms with Gasteiger partial charge in [0.2, 0.25) is 0 Å². The number of esters is 1. The maximum atomic E-state index is 12.2. The SMILES string of the molecule is CCOC(=O)[C@H](CC)n1nc(-c2ccc(OC)cc2OC)ccc1=O. The van der Waals surface area contributed by atoms with Crippen LogP contribution in [0.25, 0.3) is 11.3 Å². The summed E-state index contributed by atoms with van der Waals surface area (Å²) in [5.41, 5.74) is 0.841. The van der Waals surface area contributed by atoms with Crippen molar-refractivity contribution in [3.05, 3.63) is 40.7 Å². The van der Waals surface area contributed by atoms with Gasteiger partial charge < -0.3 is 14.2 Å². The average molecular weight is 346 g/mol. The second-order valence-electron chi connectivity index (χ2n) is 5.24. The fraction of sp³-hybridized carbons (Fsp3) is 0.389. The molecule has 0 N–H and O–H groups in total. The van der Waals surface area contributed by atoms with E-state index in [2.05, 4.69) is 5.10 Å². The normalized spacial score (nSPS) is 11.7. The van der Waals surface area contributed by atoms with Crippen molar-refractivity contribution in [3.63, 3.8) is 0 Å². The number of aromatic nitrogens is 2. The fourth-order valence-corrected chi connectivity index (χ4v) is 2.48. The maximum absolute atomic E-state index is 12.2. The minimum Gasteiger partial charge on any atom is -0.497 e. The van der Waals surface area contributed by atoms with Crippen molar-refractivity contribution in [2.24, 2.45) is 0 Å². The minimum atomic E-state index is -0.767. The lowest BCUT2D eigenvalue weighted by Gasteiger charge is -2.17. The standard InChI is InChI=1S/C18H22N2O5/c1-5-15(18(22)25-6-2)20-17(21)10-9-14(19-20)13-8-7-12(23-3)11-16(13)24-4/h7-11,15H,5-6H2,1-4H3/t15-/m0/s1. The molecule has 0 aliphatic heterocycles. The molecule has 7 nitrogen and oxygen atoms in total. The summed E-state index contributed by atoms with van der Waals surface area (Å²) in [5, 5.41) is 4.36. The zero-order chi connectivity index (χ0) is 18.4. The van der Waals surface area contributed by atoms with Crippen LogP contribution in [-0.4, -0.2) is 36.6 Å². The molecule has 0 fully saturated rings. The molecule has 0 saturated heterocycles. The smallest absolute Gasteiger partial charge is 0.331 e. The van der Waals surface area contributed by atoms with Crippen molar-refractivity contribution in [1.82, 2.24) is 9.78 Å². The molecule has 7 heteroatoms. The molecule has 1 aromatic heterocycles. The summed E-state index contributed by atoms with van der Waals surface area (Å²) >= 11 is 0. The molecule has 0 saturated carbocycles. The summed E-state index contributed by atoms with van der Waals surface area (Å²) < 4.78 is 16.8. The topological polar surface area (TPSA) is 79.7 Å². The molecule has 0 amide bonds. The number of nitrogens with zero attached hydrogens (tertiary/aromatic N) is 2. The van der Waals surface area contributed by atoms with E-state index in [0.717, 1.165) is 4.68 Å². The number of hydrogen-bond acceptors (Lipinski definition) is 6. The van der Waals surface area contributed by atoms with Crippen molar-refractivity contribution in [3.8, 4) is 22.8 Å². The summed E-state index contributed by atoms with van der Waals surface area (Å²) in [7, 11) is 3.11. The van der Waals surface area contributed by atoms with Gasteiger partial charge in [-0.25, -0.2) is 9.48 Å². The van der Waals surface area contributed by atoms with Gasteiger partial charge >= 0.3 is 5.97 Å². The first-order valence-corrected chi connectivity index (χ1v) is 8.04. The van der Waals surface area contributed by atoms with Crippen molar-refractivity contribution < 1.29 is 19.0 Å². The van der Waals surface area contributed by atoms with Gasteiger partial charge in [0.25, 0.3) is 5.56 Å². The van der Waals surface area contributed by atoms with Gasteiger partial charge in [-0.1, -0.05) is 6.92 Å². The Morgan fingerprint density at radius 2 is 1.92 bits per heavy atom. The highest BCUT2D eigenvalue weighted by atomic mass is 16.5. The molecular formula is C18H22N2O5. The Balaban J connectivity index is 2.52. The Kier molecular flexibility index (Phi) is 6.16. The van der Waals surface area contributed by atoms with Crippen LogP contribution in [0.3, 0.4) is 0 Å². The summed E-state index contributed by atoms with van der Waals surface area (Å²) in [5.74, 6) is 0.728. The highest BCUT2D eigenvalue weighted by Gasteiger charge is 2.23. The molecule has 1 heterocycles. The molecule has 1 atom stereocenters. The van der Waals surface area contributed by atoms with E-state index in [0.29, 0.717) is 29.2 Å². The molecule has 25 heavy (non-hydrogen) atoms. The van der Waals surface area contributed by atoms with Crippen LogP contribution < -0.4 is 15.0 Å². The molecule has 0 spiro atoms. The molecule has 0 unspecified atom stereocenters. The van der Waals surface area contributed by atoms with Crippen LogP contribution in [-0.2, 0) is 9.53 Å². The fourth-order valence-electron chi connectivity index (χ4n) is 2.48. The third-order valence-corrected chi connectivity index (χ3v) is 3.75. The van der Waals surface area contributed by atoms with Crippen LogP contribution in [0.2, 0.25) is 0 Å². The summed E-state index contributed by atoms with van der Waals surface area (Å²) in [4.78, 5) is 24.3. The summed E-state index contributed by atoms with van der Waals surface area (Å²) in [6.45, 7) is 3.77. The number of hydrogen-bond donors (Lipinski definition) is 0. The van der Waals surface area contributed by atoms with E-state index in [-0.39, 0.29) is 12.2 Å². The second-order valence-corrected chi connectivity index (χ2v) is 5.24. The van der Waals surface area contributed by atoms with E-state index in [1.807, 2.05) is 0 Å². The molecule has 2 rings (SSSR count). The Bertz CT molecular complexity index is 800. The number of methoxy groups -OCH3 is 2. The first-order chi connectivity index (χ1) is 12.0. The van der Waals surface area contributed by atoms with Gasteiger partial charge in [-0.05, 0) is 31.5 Å². The first-order valence-electron chi connectivity index (χ1n) is 8.04. The molecule has 0 aliphatic rings. The predicted octanol–water partition coefficient (Wildman–Crippen LogP) is 2.44. The second kappa shape index (κ2) is 8.32. The Morgan fingerprint density at radius 1 is 1.16 bits per heavy atom. The molecular weight excluding hydrogens is 324 g/mol. The van der Waals surface area contributed by atoms with Gasteiger partial charge in [0, 0.05) is 17.7 Å². The van der Waals surface area contributed by atoms with Gasteiger partial charge in [0.05, 0.1) is 26.5 Å². The van der Waals surface area contributed by atoms with Crippen molar-refractivity contribution in [2.45, 2.75) is 26.3 Å². The van der Waals surface area contributed by atoms with Crippen molar-refractivity contribution in [1.29, 1.82) is 0 Å². The summed E-state index contributed by atoms with van der Waals surface area (Å²) in [6, 6.07) is 7.51. The van der Waals surface area contributed by atoms with Gasteiger partial charge in [0.1, 0.15) is 11.5 Å². The lowest BCUT2D eigenvalue weighted by Crippen LogP contribution is -2.32. The van der Waals surface area contributed by atoms with Gasteiger partial charge in [0.15, 0.2) is 6.04 Å². The molecule has 1 aromatic carbocycles. The van der Waals surface area contributed by atoms with Crippen molar-refractivity contribution in [2.75, 3.05) is 20.8 Å². The number of carbonyl (C=O) groups excluding carboxylic acids is 1. The molecule has 0 bridgehead atoms. The van der Waals surface area contributed by atoms with Crippen LogP contribution in [0.4, 0.5) is 0 Å². The van der Waals surface area contributed by atoms with E-state index in [1.165, 1.54) is 6.07 Å². The van der Waals surface area contributed by atoms with Gasteiger partial charge in [-0.3, -0.25) is 4.79 Å². The van der Waals surface area contributed by atoms with E-state index >= 15 is 0 Å². The number of benzene rings is 1. The van der Waals surface area contributed by atoms with E-state index < -0.39 is 12.0 Å². The third kappa shape index (κ3) is 3.99. The van der Waals surface area contributed by atoms with E-state index in [9.17, 15) is 9.59 Å². The zero-order valence-corrected chi connectivity index (χ0v) is 14.8. The van der Waals surface area contributed by atoms with Crippen LogP contribution in [0.15, 0.2) is 35.1 Å². The number of rotatable bonds is 7. The number of ether oxygens (including phenoxy) is 3. The molecule has 0 radical (unpaired) electrons. The number of carbonyl (C=O) groups is 1. The third-order valence-electron chi connectivity index (χ3n) is 3.75. The van der Waals surface area contributed by atoms with Gasteiger partial charge in [-0.2, -0.15) is 5.10 Å². The average Bonchev–Trinajstić information content (AvgIpc) is 2.63. The van der Waals surface area contributed by atoms with E-state index in [1.54, 1.807) is 52.3 Å². The van der Waals surface area contributed by atoms with Crippen LogP contribution >= 0.6 is 0 Å². The Hall–Kier alpha value is -2.83. The van der Waals surface area contributed by atoms with Crippen LogP contribution in [0, 0.1) is 0 Å². The quantitative estimate of drug-likeness (QED) is 0.717. The highest BCUT2D eigenvalue weighted by Crippen LogP contribution is 2.31. The zero-order valence-electron chi connectivity index (χ0n) is 14.8. The maximum Gasteiger partial charge on any atom is 0.331 e. The predicted molar refractivity (Wildman–Crippen MR) is 93.0 cm³/mol. The highest BCUT2D eigenvalue weighted by molar-refractivity contribution is 5.74. The lowest BCUT2D eigenvalue weighted by atomic mass is 10.1. The van der Waals surface area contributed by atoms with Crippen molar-refractivity contribution >= 4 is 5.97 Å². The minimum absolute atomic E-state index is 0.246. The Morgan fingerprint density at radius 3 is 2.52 bits per heavy atom. The largest absolute Gasteiger partial charge is 0.497 e.